The average molecular weight is 305 g/mol. The second-order valence-corrected chi connectivity index (χ2v) is 7.08. The largest absolute Gasteiger partial charge is 0.273 e. The first-order valence-electron chi connectivity index (χ1n) is 6.38. The van der Waals surface area contributed by atoms with E-state index in [0.717, 1.165) is 5.56 Å². The van der Waals surface area contributed by atoms with Crippen molar-refractivity contribution in [3.05, 3.63) is 69.8 Å². The van der Waals surface area contributed by atoms with E-state index < -0.39 is 20.0 Å². The highest BCUT2D eigenvalue weighted by molar-refractivity contribution is 7.91. The van der Waals surface area contributed by atoms with Crippen LogP contribution in [0.5, 0.6) is 0 Å². The van der Waals surface area contributed by atoms with Gasteiger partial charge in [0.1, 0.15) is 0 Å². The normalized spacial score (nSPS) is 12.9. The van der Waals surface area contributed by atoms with Gasteiger partial charge in [0.15, 0.2) is 9.84 Å². The Bertz CT molecular complexity index is 767. The molecular formula is C15H15NO4S. The number of nitro groups is 1. The van der Waals surface area contributed by atoms with E-state index in [-0.39, 0.29) is 16.1 Å². The molecule has 2 rings (SSSR count). The first-order chi connectivity index (χ1) is 9.84. The summed E-state index contributed by atoms with van der Waals surface area (Å²) in [4.78, 5) is 10.7. The van der Waals surface area contributed by atoms with Gasteiger partial charge in [-0.25, -0.2) is 8.42 Å². The van der Waals surface area contributed by atoms with Gasteiger partial charge in [0.05, 0.1) is 15.1 Å². The Labute approximate surface area is 123 Å². The monoisotopic (exact) mass is 305 g/mol. The van der Waals surface area contributed by atoms with Crippen LogP contribution in [0.4, 0.5) is 5.69 Å². The van der Waals surface area contributed by atoms with E-state index in [2.05, 4.69) is 0 Å². The predicted octanol–water partition coefficient (Wildman–Crippen LogP) is 3.44. The van der Waals surface area contributed by atoms with Gasteiger partial charge >= 0.3 is 0 Å². The molecule has 0 saturated carbocycles. The van der Waals surface area contributed by atoms with Crippen molar-refractivity contribution >= 4 is 15.5 Å². The molecule has 2 aromatic carbocycles. The molecule has 110 valence electrons. The van der Waals surface area contributed by atoms with Gasteiger partial charge in [0.2, 0.25) is 0 Å². The van der Waals surface area contributed by atoms with Crippen LogP contribution in [-0.2, 0) is 9.84 Å². The quantitative estimate of drug-likeness (QED) is 0.640. The minimum absolute atomic E-state index is 0.166. The zero-order valence-corrected chi connectivity index (χ0v) is 12.5. The summed E-state index contributed by atoms with van der Waals surface area (Å²) >= 11 is 0. The van der Waals surface area contributed by atoms with Gasteiger partial charge in [-0.05, 0) is 26.0 Å². The van der Waals surface area contributed by atoms with Crippen molar-refractivity contribution in [2.75, 3.05) is 0 Å². The van der Waals surface area contributed by atoms with Crippen molar-refractivity contribution < 1.29 is 13.3 Å². The van der Waals surface area contributed by atoms with Gasteiger partial charge < -0.3 is 0 Å². The number of nitrogens with zero attached hydrogens (tertiary/aromatic N) is 1. The van der Waals surface area contributed by atoms with Gasteiger partial charge in [0.25, 0.3) is 5.69 Å². The minimum Gasteiger partial charge on any atom is -0.258 e. The van der Waals surface area contributed by atoms with Crippen LogP contribution in [0.1, 0.15) is 23.3 Å². The smallest absolute Gasteiger partial charge is 0.258 e. The molecule has 0 amide bonds. The van der Waals surface area contributed by atoms with Gasteiger partial charge in [-0.1, -0.05) is 35.9 Å². The summed E-state index contributed by atoms with van der Waals surface area (Å²) in [5.41, 5.74) is 0.969. The first kappa shape index (κ1) is 15.2. The molecule has 0 radical (unpaired) electrons. The number of nitro benzene ring substituents is 1. The molecule has 0 heterocycles. The maximum Gasteiger partial charge on any atom is 0.273 e. The van der Waals surface area contributed by atoms with Gasteiger partial charge in [0, 0.05) is 11.6 Å². The maximum absolute atomic E-state index is 12.6. The summed E-state index contributed by atoms with van der Waals surface area (Å²) in [6.45, 7) is 3.33. The van der Waals surface area contributed by atoms with Gasteiger partial charge in [-0.15, -0.1) is 0 Å². The van der Waals surface area contributed by atoms with Crippen molar-refractivity contribution in [2.24, 2.45) is 0 Å². The fourth-order valence-corrected chi connectivity index (χ4v) is 3.55. The zero-order valence-electron chi connectivity index (χ0n) is 11.7. The Morgan fingerprint density at radius 3 is 2.19 bits per heavy atom. The molecule has 0 aliphatic carbocycles. The molecule has 0 fully saturated rings. The maximum atomic E-state index is 12.6. The molecule has 5 nitrogen and oxygen atoms in total. The molecule has 0 aliphatic rings. The third-order valence-corrected chi connectivity index (χ3v) is 5.50. The molecule has 21 heavy (non-hydrogen) atoms. The van der Waals surface area contributed by atoms with Crippen LogP contribution in [0.15, 0.2) is 53.4 Å². The van der Waals surface area contributed by atoms with E-state index in [0.29, 0.717) is 0 Å². The summed E-state index contributed by atoms with van der Waals surface area (Å²) < 4.78 is 25.2. The fraction of sp³-hybridized carbons (Fsp3) is 0.200. The van der Waals surface area contributed by atoms with Crippen molar-refractivity contribution in [3.63, 3.8) is 0 Å². The molecule has 0 saturated heterocycles. The molecule has 0 aromatic heterocycles. The SMILES string of the molecule is Cc1ccc(S(=O)(=O)[C@H](C)c2ccccc2[N+](=O)[O-])cc1. The van der Waals surface area contributed by atoms with Crippen LogP contribution in [0.2, 0.25) is 0 Å². The van der Waals surface area contributed by atoms with E-state index in [9.17, 15) is 18.5 Å². The van der Waals surface area contributed by atoms with Crippen LogP contribution >= 0.6 is 0 Å². The lowest BCUT2D eigenvalue weighted by Crippen LogP contribution is -2.12. The highest BCUT2D eigenvalue weighted by Crippen LogP contribution is 2.33. The van der Waals surface area contributed by atoms with E-state index in [1.165, 1.54) is 37.3 Å². The predicted molar refractivity (Wildman–Crippen MR) is 79.9 cm³/mol. The third kappa shape index (κ3) is 2.95. The van der Waals surface area contributed by atoms with Crippen LogP contribution in [-0.4, -0.2) is 13.3 Å². The lowest BCUT2D eigenvalue weighted by molar-refractivity contribution is -0.385. The summed E-state index contributed by atoms with van der Waals surface area (Å²) in [5, 5.41) is 10.1. The van der Waals surface area contributed by atoms with E-state index in [4.69, 9.17) is 0 Å². The zero-order chi connectivity index (χ0) is 15.6. The summed E-state index contributed by atoms with van der Waals surface area (Å²) in [6.07, 6.45) is 0. The Balaban J connectivity index is 2.51. The molecule has 6 heteroatoms. The van der Waals surface area contributed by atoms with Crippen molar-refractivity contribution in [1.82, 2.24) is 0 Å². The Hall–Kier alpha value is -2.21. The number of hydrogen-bond donors (Lipinski definition) is 0. The summed E-state index contributed by atoms with van der Waals surface area (Å²) in [5.74, 6) is 0. The number of aryl methyl sites for hydroxylation is 1. The second-order valence-electron chi connectivity index (χ2n) is 4.82. The van der Waals surface area contributed by atoms with Crippen LogP contribution in [0, 0.1) is 17.0 Å². The first-order valence-corrected chi connectivity index (χ1v) is 7.92. The molecule has 0 unspecified atom stereocenters. The van der Waals surface area contributed by atoms with Crippen LogP contribution < -0.4 is 0 Å². The number of benzene rings is 2. The molecule has 1 atom stereocenters. The lowest BCUT2D eigenvalue weighted by atomic mass is 10.1. The molecule has 0 spiro atoms. The average Bonchev–Trinajstić information content (AvgIpc) is 2.46. The molecule has 0 aliphatic heterocycles. The molecular weight excluding hydrogens is 290 g/mol. The fourth-order valence-electron chi connectivity index (χ4n) is 2.10. The Kier molecular flexibility index (Phi) is 4.09. The summed E-state index contributed by atoms with van der Waals surface area (Å²) in [6, 6.07) is 12.4. The third-order valence-electron chi connectivity index (χ3n) is 3.39. The van der Waals surface area contributed by atoms with Crippen molar-refractivity contribution in [2.45, 2.75) is 24.0 Å². The highest BCUT2D eigenvalue weighted by Gasteiger charge is 2.30. The van der Waals surface area contributed by atoms with E-state index in [1.54, 1.807) is 18.2 Å². The standard InChI is InChI=1S/C15H15NO4S/c1-11-7-9-13(10-8-11)21(19,20)12(2)14-5-3-4-6-15(14)16(17)18/h3-10,12H,1-2H3/t12-/m1/s1. The van der Waals surface area contributed by atoms with Gasteiger partial charge in [-0.2, -0.15) is 0 Å². The Morgan fingerprint density at radius 2 is 1.62 bits per heavy atom. The van der Waals surface area contributed by atoms with Crippen molar-refractivity contribution in [3.8, 4) is 0 Å². The van der Waals surface area contributed by atoms with Crippen LogP contribution in [0.25, 0.3) is 0 Å². The summed E-state index contributed by atoms with van der Waals surface area (Å²) in [7, 11) is -3.67. The molecule has 0 N–H and O–H groups in total. The molecule has 2 aromatic rings. The second kappa shape index (κ2) is 5.65. The van der Waals surface area contributed by atoms with Crippen LogP contribution in [0.3, 0.4) is 0 Å². The topological polar surface area (TPSA) is 77.3 Å². The minimum atomic E-state index is -3.67. The number of hydrogen-bond acceptors (Lipinski definition) is 4. The van der Waals surface area contributed by atoms with E-state index >= 15 is 0 Å². The number of para-hydroxylation sites is 1. The number of rotatable bonds is 4. The number of sulfone groups is 1. The van der Waals surface area contributed by atoms with Crippen molar-refractivity contribution in [1.29, 1.82) is 0 Å². The lowest BCUT2D eigenvalue weighted by Gasteiger charge is -2.13. The Morgan fingerprint density at radius 1 is 1.05 bits per heavy atom. The molecule has 0 bridgehead atoms. The highest BCUT2D eigenvalue weighted by atomic mass is 32.2. The van der Waals surface area contributed by atoms with E-state index in [1.807, 2.05) is 6.92 Å². The van der Waals surface area contributed by atoms with Gasteiger partial charge in [-0.3, -0.25) is 10.1 Å².